The lowest BCUT2D eigenvalue weighted by Gasteiger charge is -2.16. The van der Waals surface area contributed by atoms with Gasteiger partial charge in [0.2, 0.25) is 5.91 Å². The van der Waals surface area contributed by atoms with Gasteiger partial charge in [0.15, 0.2) is 0 Å². The molecule has 0 fully saturated rings. The first-order chi connectivity index (χ1) is 9.00. The summed E-state index contributed by atoms with van der Waals surface area (Å²) in [5.74, 6) is -0.294. The molecule has 0 saturated heterocycles. The number of carbonyl (C=O) groups excluding carboxylic acids is 1. The molecule has 1 unspecified atom stereocenters. The van der Waals surface area contributed by atoms with Crippen molar-refractivity contribution in [3.63, 3.8) is 0 Å². The third kappa shape index (κ3) is 6.11. The van der Waals surface area contributed by atoms with Gasteiger partial charge >= 0.3 is 5.97 Å². The van der Waals surface area contributed by atoms with Crippen molar-refractivity contribution in [1.29, 1.82) is 0 Å². The molecule has 0 bridgehead atoms. The van der Waals surface area contributed by atoms with E-state index in [2.05, 4.69) is 5.32 Å². The lowest BCUT2D eigenvalue weighted by Crippen LogP contribution is -2.36. The Kier molecular flexibility index (Phi) is 6.94. The number of amides is 1. The SMILES string of the molecule is CC(C)C(CNC(=O)CSCc1cccs1)C(=O)O. The highest BCUT2D eigenvalue weighted by Crippen LogP contribution is 2.16. The van der Waals surface area contributed by atoms with Crippen LogP contribution in [0.2, 0.25) is 0 Å². The van der Waals surface area contributed by atoms with Crippen molar-refractivity contribution in [3.05, 3.63) is 22.4 Å². The fraction of sp³-hybridized carbons (Fsp3) is 0.538. The average Bonchev–Trinajstić information content (AvgIpc) is 2.81. The minimum atomic E-state index is -0.860. The minimum Gasteiger partial charge on any atom is -0.481 e. The van der Waals surface area contributed by atoms with Crippen LogP contribution >= 0.6 is 23.1 Å². The van der Waals surface area contributed by atoms with Crippen LogP contribution < -0.4 is 5.32 Å². The summed E-state index contributed by atoms with van der Waals surface area (Å²) in [6.07, 6.45) is 0. The van der Waals surface area contributed by atoms with E-state index in [9.17, 15) is 9.59 Å². The maximum atomic E-state index is 11.6. The van der Waals surface area contributed by atoms with E-state index < -0.39 is 11.9 Å². The molecule has 0 aliphatic carbocycles. The van der Waals surface area contributed by atoms with E-state index in [1.54, 1.807) is 11.3 Å². The predicted octanol–water partition coefficient (Wildman–Crippen LogP) is 2.45. The second-order valence-corrected chi connectivity index (χ2v) is 6.58. The number of rotatable bonds is 8. The summed E-state index contributed by atoms with van der Waals surface area (Å²) in [7, 11) is 0. The van der Waals surface area contributed by atoms with Crippen molar-refractivity contribution < 1.29 is 14.7 Å². The Balaban J connectivity index is 2.22. The predicted molar refractivity (Wildman–Crippen MR) is 79.5 cm³/mol. The van der Waals surface area contributed by atoms with Crippen molar-refractivity contribution >= 4 is 35.0 Å². The van der Waals surface area contributed by atoms with Gasteiger partial charge in [0.1, 0.15) is 0 Å². The summed E-state index contributed by atoms with van der Waals surface area (Å²) >= 11 is 3.21. The van der Waals surface area contributed by atoms with Gasteiger partial charge in [-0.25, -0.2) is 0 Å². The van der Waals surface area contributed by atoms with E-state index in [0.29, 0.717) is 5.75 Å². The van der Waals surface area contributed by atoms with Crippen LogP contribution in [-0.2, 0) is 15.3 Å². The fourth-order valence-electron chi connectivity index (χ4n) is 1.52. The molecule has 6 heteroatoms. The van der Waals surface area contributed by atoms with E-state index >= 15 is 0 Å². The number of aliphatic carboxylic acids is 1. The number of hydrogen-bond donors (Lipinski definition) is 2. The zero-order valence-corrected chi connectivity index (χ0v) is 12.7. The number of carboxylic acids is 1. The van der Waals surface area contributed by atoms with Crippen LogP contribution in [0.3, 0.4) is 0 Å². The molecule has 106 valence electrons. The Morgan fingerprint density at radius 2 is 2.21 bits per heavy atom. The maximum Gasteiger partial charge on any atom is 0.308 e. The molecule has 0 saturated carbocycles. The maximum absolute atomic E-state index is 11.6. The number of carboxylic acid groups (broad SMARTS) is 1. The van der Waals surface area contributed by atoms with Gasteiger partial charge in [0.05, 0.1) is 11.7 Å². The van der Waals surface area contributed by atoms with Gasteiger partial charge in [-0.3, -0.25) is 9.59 Å². The molecule has 0 spiro atoms. The number of thiophene rings is 1. The molecule has 4 nitrogen and oxygen atoms in total. The van der Waals surface area contributed by atoms with Crippen molar-refractivity contribution in [2.45, 2.75) is 19.6 Å². The van der Waals surface area contributed by atoms with Gasteiger partial charge < -0.3 is 10.4 Å². The molecule has 1 heterocycles. The van der Waals surface area contributed by atoms with Crippen LogP contribution in [-0.4, -0.2) is 29.3 Å². The molecule has 1 aromatic heterocycles. The Labute approximate surface area is 121 Å². The van der Waals surface area contributed by atoms with Crippen LogP contribution in [0.4, 0.5) is 0 Å². The summed E-state index contributed by atoms with van der Waals surface area (Å²) in [5, 5.41) is 13.7. The molecule has 0 aromatic carbocycles. The van der Waals surface area contributed by atoms with Crippen molar-refractivity contribution in [2.24, 2.45) is 11.8 Å². The van der Waals surface area contributed by atoms with Crippen LogP contribution in [0.1, 0.15) is 18.7 Å². The normalized spacial score (nSPS) is 12.4. The van der Waals surface area contributed by atoms with Gasteiger partial charge in [-0.05, 0) is 17.4 Å². The zero-order valence-electron chi connectivity index (χ0n) is 11.1. The van der Waals surface area contributed by atoms with Crippen molar-refractivity contribution in [2.75, 3.05) is 12.3 Å². The number of hydrogen-bond acceptors (Lipinski definition) is 4. The fourth-order valence-corrected chi connectivity index (χ4v) is 3.22. The molecule has 2 N–H and O–H groups in total. The molecular formula is C13H19NO3S2. The van der Waals surface area contributed by atoms with E-state index in [-0.39, 0.29) is 18.4 Å². The average molecular weight is 301 g/mol. The molecule has 1 rings (SSSR count). The highest BCUT2D eigenvalue weighted by molar-refractivity contribution is 7.99. The molecule has 19 heavy (non-hydrogen) atoms. The lowest BCUT2D eigenvalue weighted by molar-refractivity contribution is -0.143. The summed E-state index contributed by atoms with van der Waals surface area (Å²) in [4.78, 5) is 23.8. The third-order valence-corrected chi connectivity index (χ3v) is 4.74. The van der Waals surface area contributed by atoms with Crippen molar-refractivity contribution in [3.8, 4) is 0 Å². The summed E-state index contributed by atoms with van der Waals surface area (Å²) in [5.41, 5.74) is 0. The molecule has 1 atom stereocenters. The Hall–Kier alpha value is -1.01. The first kappa shape index (κ1) is 16.0. The molecule has 1 aromatic rings. The highest BCUT2D eigenvalue weighted by Gasteiger charge is 2.21. The standard InChI is InChI=1S/C13H19NO3S2/c1-9(2)11(13(16)17)6-14-12(15)8-18-7-10-4-3-5-19-10/h3-5,9,11H,6-8H2,1-2H3,(H,14,15)(H,16,17). The lowest BCUT2D eigenvalue weighted by atomic mass is 9.96. The third-order valence-electron chi connectivity index (χ3n) is 2.70. The van der Waals surface area contributed by atoms with Crippen LogP contribution in [0.25, 0.3) is 0 Å². The van der Waals surface area contributed by atoms with Crippen LogP contribution in [0.15, 0.2) is 17.5 Å². The summed E-state index contributed by atoms with van der Waals surface area (Å²) < 4.78 is 0. The van der Waals surface area contributed by atoms with Crippen molar-refractivity contribution in [1.82, 2.24) is 5.32 Å². The smallest absolute Gasteiger partial charge is 0.308 e. The van der Waals surface area contributed by atoms with Crippen LogP contribution in [0.5, 0.6) is 0 Å². The topological polar surface area (TPSA) is 66.4 Å². The molecule has 0 aliphatic heterocycles. The first-order valence-electron chi connectivity index (χ1n) is 6.10. The number of carbonyl (C=O) groups is 2. The highest BCUT2D eigenvalue weighted by atomic mass is 32.2. The Morgan fingerprint density at radius 3 is 2.74 bits per heavy atom. The second-order valence-electron chi connectivity index (χ2n) is 4.56. The Bertz CT molecular complexity index is 404. The van der Waals surface area contributed by atoms with Gasteiger partial charge in [-0.2, -0.15) is 0 Å². The number of thioether (sulfide) groups is 1. The number of nitrogens with one attached hydrogen (secondary N) is 1. The van der Waals surface area contributed by atoms with E-state index in [4.69, 9.17) is 5.11 Å². The summed E-state index contributed by atoms with van der Waals surface area (Å²) in [6.45, 7) is 3.89. The van der Waals surface area contributed by atoms with Gasteiger partial charge in [0, 0.05) is 17.2 Å². The summed E-state index contributed by atoms with van der Waals surface area (Å²) in [6, 6.07) is 4.02. The van der Waals surface area contributed by atoms with Gasteiger partial charge in [0.25, 0.3) is 0 Å². The largest absolute Gasteiger partial charge is 0.481 e. The molecule has 0 aliphatic rings. The zero-order chi connectivity index (χ0) is 14.3. The first-order valence-corrected chi connectivity index (χ1v) is 8.13. The van der Waals surface area contributed by atoms with E-state index in [1.807, 2.05) is 31.4 Å². The van der Waals surface area contributed by atoms with Gasteiger partial charge in [-0.15, -0.1) is 23.1 Å². The monoisotopic (exact) mass is 301 g/mol. The molecular weight excluding hydrogens is 282 g/mol. The van der Waals surface area contributed by atoms with E-state index in [0.717, 1.165) is 5.75 Å². The molecule has 0 radical (unpaired) electrons. The second kappa shape index (κ2) is 8.22. The van der Waals surface area contributed by atoms with Gasteiger partial charge in [-0.1, -0.05) is 19.9 Å². The van der Waals surface area contributed by atoms with Crippen LogP contribution in [0, 0.1) is 11.8 Å². The minimum absolute atomic E-state index is 0.0107. The molecule has 1 amide bonds. The quantitative estimate of drug-likeness (QED) is 0.774. The van der Waals surface area contributed by atoms with E-state index in [1.165, 1.54) is 16.6 Å². The Morgan fingerprint density at radius 1 is 1.47 bits per heavy atom.